The third-order valence-corrected chi connectivity index (χ3v) is 6.77. The van der Waals surface area contributed by atoms with Gasteiger partial charge in [-0.2, -0.15) is 5.10 Å². The Bertz CT molecular complexity index is 1620. The molecule has 0 aliphatic carbocycles. The molecule has 2 aromatic heterocycles. The normalized spacial score (nSPS) is 11.4. The first-order valence-electron chi connectivity index (χ1n) is 12.5. The van der Waals surface area contributed by atoms with Gasteiger partial charge < -0.3 is 14.0 Å². The van der Waals surface area contributed by atoms with E-state index in [-0.39, 0.29) is 11.8 Å². The van der Waals surface area contributed by atoms with Gasteiger partial charge in [0.15, 0.2) is 0 Å². The summed E-state index contributed by atoms with van der Waals surface area (Å²) in [5.41, 5.74) is 5.60. The number of aromatic nitrogens is 3. The molecule has 190 valence electrons. The molecule has 0 unspecified atom stereocenters. The van der Waals surface area contributed by atoms with Crippen molar-refractivity contribution in [2.75, 3.05) is 13.2 Å². The molecule has 0 fully saturated rings. The quantitative estimate of drug-likeness (QED) is 0.178. The van der Waals surface area contributed by atoms with E-state index in [1.807, 2.05) is 66.5 Å². The Morgan fingerprint density at radius 1 is 1.03 bits per heavy atom. The largest absolute Gasteiger partial charge is 0.493 e. The van der Waals surface area contributed by atoms with Gasteiger partial charge in [-0.05, 0) is 62.9 Å². The number of carbonyl (C=O) groups is 1. The summed E-state index contributed by atoms with van der Waals surface area (Å²) in [5, 5.41) is 7.24. The van der Waals surface area contributed by atoms with Crippen LogP contribution in [-0.4, -0.2) is 33.5 Å². The standard InChI is InChI=1S/C30H30FN3O3/c1-5-36-30(35)26-18-22-10-6-11-25(28-19(2)32-33(4)20(28)3)29(22)34(26)15-8-16-37-27-12-7-9-21-17-23(31)13-14-24(21)27/h6-7,9-14,17-18H,5,8,15-16H2,1-4H3. The van der Waals surface area contributed by atoms with Crippen LogP contribution in [-0.2, 0) is 18.3 Å². The van der Waals surface area contributed by atoms with E-state index >= 15 is 0 Å². The first kappa shape index (κ1) is 24.6. The maximum absolute atomic E-state index is 13.6. The lowest BCUT2D eigenvalue weighted by atomic mass is 10.0. The van der Waals surface area contributed by atoms with Crippen LogP contribution in [0.25, 0.3) is 32.8 Å². The van der Waals surface area contributed by atoms with Crippen molar-refractivity contribution in [1.29, 1.82) is 0 Å². The molecule has 0 atom stereocenters. The van der Waals surface area contributed by atoms with Gasteiger partial charge in [0.2, 0.25) is 0 Å². The number of hydrogen-bond acceptors (Lipinski definition) is 4. The van der Waals surface area contributed by atoms with Gasteiger partial charge in [-0.1, -0.05) is 30.3 Å². The smallest absolute Gasteiger partial charge is 0.354 e. The first-order chi connectivity index (χ1) is 17.9. The molecule has 0 spiro atoms. The number of halogens is 1. The van der Waals surface area contributed by atoms with Crippen molar-refractivity contribution in [2.24, 2.45) is 7.05 Å². The lowest BCUT2D eigenvalue weighted by Gasteiger charge is -2.14. The number of fused-ring (bicyclic) bond motifs is 2. The Morgan fingerprint density at radius 2 is 1.81 bits per heavy atom. The Balaban J connectivity index is 1.48. The molecule has 3 aromatic carbocycles. The second kappa shape index (κ2) is 10.1. The number of nitrogens with zero attached hydrogens (tertiary/aromatic N) is 3. The molecule has 0 amide bonds. The minimum absolute atomic E-state index is 0.273. The van der Waals surface area contributed by atoms with Crippen LogP contribution in [0.15, 0.2) is 60.7 Å². The number of rotatable bonds is 8. The zero-order valence-corrected chi connectivity index (χ0v) is 21.5. The number of aryl methyl sites for hydroxylation is 3. The van der Waals surface area contributed by atoms with E-state index in [1.165, 1.54) is 12.1 Å². The van der Waals surface area contributed by atoms with Crippen LogP contribution in [0, 0.1) is 19.7 Å². The van der Waals surface area contributed by atoms with E-state index in [4.69, 9.17) is 9.47 Å². The minimum atomic E-state index is -0.346. The fourth-order valence-corrected chi connectivity index (χ4v) is 5.05. The predicted octanol–water partition coefficient (Wildman–Crippen LogP) is 6.60. The number of ether oxygens (including phenoxy) is 2. The van der Waals surface area contributed by atoms with Crippen LogP contribution in [0.1, 0.15) is 35.2 Å². The van der Waals surface area contributed by atoms with Crippen molar-refractivity contribution in [3.63, 3.8) is 0 Å². The minimum Gasteiger partial charge on any atom is -0.493 e. The Morgan fingerprint density at radius 3 is 2.57 bits per heavy atom. The van der Waals surface area contributed by atoms with Gasteiger partial charge in [0.25, 0.3) is 0 Å². The highest BCUT2D eigenvalue weighted by molar-refractivity contribution is 6.02. The molecule has 0 saturated carbocycles. The zero-order valence-electron chi connectivity index (χ0n) is 21.5. The molecule has 7 heteroatoms. The van der Waals surface area contributed by atoms with Crippen LogP contribution in [0.4, 0.5) is 4.39 Å². The molecule has 37 heavy (non-hydrogen) atoms. The lowest BCUT2D eigenvalue weighted by Crippen LogP contribution is -2.14. The molecule has 0 N–H and O–H groups in total. The van der Waals surface area contributed by atoms with E-state index in [9.17, 15) is 9.18 Å². The van der Waals surface area contributed by atoms with Crippen LogP contribution in [0.5, 0.6) is 5.75 Å². The highest BCUT2D eigenvalue weighted by Crippen LogP contribution is 2.35. The van der Waals surface area contributed by atoms with E-state index < -0.39 is 0 Å². The Kier molecular flexibility index (Phi) is 6.70. The van der Waals surface area contributed by atoms with Gasteiger partial charge >= 0.3 is 5.97 Å². The van der Waals surface area contributed by atoms with Gasteiger partial charge in [0, 0.05) is 41.2 Å². The average molecular weight is 500 g/mol. The van der Waals surface area contributed by atoms with Gasteiger partial charge in [-0.25, -0.2) is 9.18 Å². The lowest BCUT2D eigenvalue weighted by molar-refractivity contribution is 0.0514. The van der Waals surface area contributed by atoms with Gasteiger partial charge in [0.1, 0.15) is 17.3 Å². The fourth-order valence-electron chi connectivity index (χ4n) is 5.05. The molecule has 5 aromatic rings. The predicted molar refractivity (Wildman–Crippen MR) is 144 cm³/mol. The molecular weight excluding hydrogens is 469 g/mol. The van der Waals surface area contributed by atoms with Crippen LogP contribution in [0.2, 0.25) is 0 Å². The van der Waals surface area contributed by atoms with Crippen molar-refractivity contribution < 1.29 is 18.7 Å². The number of benzene rings is 3. The van der Waals surface area contributed by atoms with Gasteiger partial charge in [-0.3, -0.25) is 4.68 Å². The Labute approximate surface area is 215 Å². The second-order valence-electron chi connectivity index (χ2n) is 9.14. The molecule has 0 aliphatic rings. The molecule has 2 heterocycles. The van der Waals surface area contributed by atoms with Gasteiger partial charge in [0.05, 0.1) is 24.4 Å². The maximum Gasteiger partial charge on any atom is 0.354 e. The number of esters is 1. The summed E-state index contributed by atoms with van der Waals surface area (Å²) in [5.74, 6) is 0.0922. The first-order valence-corrected chi connectivity index (χ1v) is 12.5. The summed E-state index contributed by atoms with van der Waals surface area (Å²) in [6.07, 6.45) is 0.660. The molecule has 0 saturated heterocycles. The van der Waals surface area contributed by atoms with E-state index in [1.54, 1.807) is 6.07 Å². The van der Waals surface area contributed by atoms with Gasteiger partial charge in [-0.15, -0.1) is 0 Å². The Hall–Kier alpha value is -4.13. The summed E-state index contributed by atoms with van der Waals surface area (Å²) >= 11 is 0. The second-order valence-corrected chi connectivity index (χ2v) is 9.14. The van der Waals surface area contributed by atoms with Crippen molar-refractivity contribution in [2.45, 2.75) is 33.7 Å². The SMILES string of the molecule is CCOC(=O)c1cc2cccc(-c3c(C)nn(C)c3C)c2n1CCCOc1cccc2cc(F)ccc12. The molecule has 0 bridgehead atoms. The summed E-state index contributed by atoms with van der Waals surface area (Å²) in [4.78, 5) is 12.9. The third kappa shape index (κ3) is 4.57. The van der Waals surface area contributed by atoms with E-state index in [2.05, 4.69) is 18.1 Å². The summed E-state index contributed by atoms with van der Waals surface area (Å²) < 4.78 is 29.1. The monoisotopic (exact) mass is 499 g/mol. The molecule has 5 rings (SSSR count). The van der Waals surface area contributed by atoms with Crippen LogP contribution >= 0.6 is 0 Å². The maximum atomic E-state index is 13.6. The van der Waals surface area contributed by atoms with E-state index in [0.29, 0.717) is 37.6 Å². The number of carbonyl (C=O) groups excluding carboxylic acids is 1. The third-order valence-electron chi connectivity index (χ3n) is 6.77. The molecular formula is C30H30FN3O3. The molecule has 6 nitrogen and oxygen atoms in total. The molecule has 0 radical (unpaired) electrons. The molecule has 0 aliphatic heterocycles. The summed E-state index contributed by atoms with van der Waals surface area (Å²) in [7, 11) is 1.94. The van der Waals surface area contributed by atoms with E-state index in [0.717, 1.165) is 44.2 Å². The topological polar surface area (TPSA) is 58.3 Å². The van der Waals surface area contributed by atoms with Crippen molar-refractivity contribution in [3.8, 4) is 16.9 Å². The van der Waals surface area contributed by atoms with Crippen molar-refractivity contribution in [3.05, 3.63) is 83.6 Å². The summed E-state index contributed by atoms with van der Waals surface area (Å²) in [6, 6.07) is 18.3. The number of hydrogen-bond donors (Lipinski definition) is 0. The zero-order chi connectivity index (χ0) is 26.1. The van der Waals surface area contributed by atoms with Crippen molar-refractivity contribution >= 4 is 27.6 Å². The highest BCUT2D eigenvalue weighted by atomic mass is 19.1. The van der Waals surface area contributed by atoms with Crippen molar-refractivity contribution in [1.82, 2.24) is 14.3 Å². The van der Waals surface area contributed by atoms with Crippen LogP contribution < -0.4 is 4.74 Å². The average Bonchev–Trinajstić information content (AvgIpc) is 3.37. The highest BCUT2D eigenvalue weighted by Gasteiger charge is 2.22. The summed E-state index contributed by atoms with van der Waals surface area (Å²) in [6.45, 7) is 7.17. The number of para-hydroxylation sites is 1. The van der Waals surface area contributed by atoms with Crippen LogP contribution in [0.3, 0.4) is 0 Å². The fraction of sp³-hybridized carbons (Fsp3) is 0.267.